The number of nitrogens with zero attached hydrogens (tertiary/aromatic N) is 1. The Morgan fingerprint density at radius 1 is 1.04 bits per heavy atom. The van der Waals surface area contributed by atoms with Gasteiger partial charge in [-0.15, -0.1) is 0 Å². The molecule has 24 heavy (non-hydrogen) atoms. The minimum absolute atomic E-state index is 0.0956. The molecule has 1 aliphatic rings. The van der Waals surface area contributed by atoms with Crippen molar-refractivity contribution in [3.05, 3.63) is 29.6 Å². The fraction of sp³-hybridized carbons (Fsp3) is 0.600. The van der Waals surface area contributed by atoms with Crippen molar-refractivity contribution in [3.8, 4) is 0 Å². The van der Waals surface area contributed by atoms with E-state index in [4.69, 9.17) is 0 Å². The van der Waals surface area contributed by atoms with Crippen molar-refractivity contribution < 1.29 is 31.1 Å². The first-order valence-electron chi connectivity index (χ1n) is 7.33. The molecule has 1 aromatic heterocycles. The average Bonchev–Trinajstić information content (AvgIpc) is 2.45. The number of hydrogen-bond acceptors (Lipinski definition) is 2. The molecule has 1 heterocycles. The summed E-state index contributed by atoms with van der Waals surface area (Å²) in [6.07, 6.45) is -10.3. The normalized spacial score (nSPS) is 25.4. The van der Waals surface area contributed by atoms with Gasteiger partial charge in [-0.25, -0.2) is 0 Å². The molecule has 1 amide bonds. The van der Waals surface area contributed by atoms with Gasteiger partial charge in [0, 0.05) is 17.9 Å². The van der Waals surface area contributed by atoms with Crippen molar-refractivity contribution in [2.24, 2.45) is 11.8 Å². The van der Waals surface area contributed by atoms with E-state index >= 15 is 0 Å². The van der Waals surface area contributed by atoms with Crippen molar-refractivity contribution in [1.82, 2.24) is 10.3 Å². The Morgan fingerprint density at radius 3 is 2.00 bits per heavy atom. The quantitative estimate of drug-likeness (QED) is 0.815. The highest BCUT2D eigenvalue weighted by Gasteiger charge is 2.52. The Labute approximate surface area is 134 Å². The number of nitrogens with one attached hydrogen (secondary N) is 1. The zero-order valence-corrected chi connectivity index (χ0v) is 12.7. The standard InChI is InChI=1S/C15H16F6N2O/c1-8-2-3-9(7-22-8)13(24)23-12-5-10(14(16,17)18)4-11(6-12)15(19,20)21/h2-3,7,10-12H,4-6H2,1H3,(H,23,24)/t10-,11+,12?. The van der Waals surface area contributed by atoms with Gasteiger partial charge in [0.25, 0.3) is 5.91 Å². The highest BCUT2D eigenvalue weighted by Crippen LogP contribution is 2.45. The van der Waals surface area contributed by atoms with E-state index in [-0.39, 0.29) is 5.56 Å². The van der Waals surface area contributed by atoms with Gasteiger partial charge in [0.1, 0.15) is 0 Å². The van der Waals surface area contributed by atoms with Crippen LogP contribution in [0.5, 0.6) is 0 Å². The fourth-order valence-electron chi connectivity index (χ4n) is 2.84. The first-order chi connectivity index (χ1) is 11.0. The van der Waals surface area contributed by atoms with Crippen LogP contribution in [0.4, 0.5) is 26.3 Å². The first kappa shape index (κ1) is 18.5. The van der Waals surface area contributed by atoms with Crippen LogP contribution in [0, 0.1) is 18.8 Å². The van der Waals surface area contributed by atoms with Crippen molar-refractivity contribution in [2.45, 2.75) is 44.6 Å². The summed E-state index contributed by atoms with van der Waals surface area (Å²) in [5.41, 5.74) is 0.733. The lowest BCUT2D eigenvalue weighted by molar-refractivity contribution is -0.225. The number of aryl methyl sites for hydroxylation is 1. The Balaban J connectivity index is 2.12. The van der Waals surface area contributed by atoms with Crippen molar-refractivity contribution >= 4 is 5.91 Å². The maximum absolute atomic E-state index is 12.9. The average molecular weight is 354 g/mol. The summed E-state index contributed by atoms with van der Waals surface area (Å²) < 4.78 is 77.3. The summed E-state index contributed by atoms with van der Waals surface area (Å²) in [6, 6.07) is 1.77. The lowest BCUT2D eigenvalue weighted by Gasteiger charge is -2.36. The largest absolute Gasteiger partial charge is 0.391 e. The monoisotopic (exact) mass is 354 g/mol. The molecule has 1 aromatic rings. The van der Waals surface area contributed by atoms with Gasteiger partial charge >= 0.3 is 12.4 Å². The fourth-order valence-corrected chi connectivity index (χ4v) is 2.84. The topological polar surface area (TPSA) is 42.0 Å². The van der Waals surface area contributed by atoms with Gasteiger partial charge in [-0.3, -0.25) is 9.78 Å². The van der Waals surface area contributed by atoms with Crippen molar-refractivity contribution in [1.29, 1.82) is 0 Å². The van der Waals surface area contributed by atoms with Crippen LogP contribution in [0.3, 0.4) is 0 Å². The molecule has 0 bridgehead atoms. The van der Waals surface area contributed by atoms with Crippen molar-refractivity contribution in [2.75, 3.05) is 0 Å². The number of carbonyl (C=O) groups is 1. The van der Waals surface area contributed by atoms with E-state index in [2.05, 4.69) is 10.3 Å². The number of alkyl halides is 6. The summed E-state index contributed by atoms with van der Waals surface area (Å²) in [4.78, 5) is 15.9. The number of hydrogen-bond donors (Lipinski definition) is 1. The number of amides is 1. The van der Waals surface area contributed by atoms with Crippen molar-refractivity contribution in [3.63, 3.8) is 0 Å². The zero-order valence-electron chi connectivity index (χ0n) is 12.7. The second kappa shape index (κ2) is 6.60. The summed E-state index contributed by atoms with van der Waals surface area (Å²) in [6.45, 7) is 1.69. The maximum atomic E-state index is 12.9. The summed E-state index contributed by atoms with van der Waals surface area (Å²) in [5.74, 6) is -4.89. The van der Waals surface area contributed by atoms with E-state index < -0.39 is 55.4 Å². The molecule has 0 aromatic carbocycles. The van der Waals surface area contributed by atoms with E-state index in [1.807, 2.05) is 0 Å². The molecule has 9 heteroatoms. The molecule has 3 nitrogen and oxygen atoms in total. The SMILES string of the molecule is Cc1ccc(C(=O)NC2C[C@@H](C(F)(F)F)C[C@@H](C(F)(F)F)C2)cn1. The maximum Gasteiger partial charge on any atom is 0.391 e. The lowest BCUT2D eigenvalue weighted by Crippen LogP contribution is -2.47. The molecule has 1 N–H and O–H groups in total. The zero-order chi connectivity index (χ0) is 18.1. The van der Waals surface area contributed by atoms with E-state index in [0.29, 0.717) is 5.69 Å². The van der Waals surface area contributed by atoms with Crippen LogP contribution in [0.15, 0.2) is 18.3 Å². The predicted molar refractivity (Wildman–Crippen MR) is 73.2 cm³/mol. The molecule has 2 rings (SSSR count). The molecule has 0 aliphatic heterocycles. The van der Waals surface area contributed by atoms with Crippen LogP contribution in [-0.4, -0.2) is 29.3 Å². The number of pyridine rings is 1. The molecule has 1 saturated carbocycles. The highest BCUT2D eigenvalue weighted by atomic mass is 19.4. The highest BCUT2D eigenvalue weighted by molar-refractivity contribution is 5.94. The third-order valence-corrected chi connectivity index (χ3v) is 4.14. The molecular formula is C15H16F6N2O. The molecule has 1 fully saturated rings. The molecular weight excluding hydrogens is 338 g/mol. The lowest BCUT2D eigenvalue weighted by atomic mass is 9.77. The number of rotatable bonds is 2. The Kier molecular flexibility index (Phi) is 5.10. The second-order valence-corrected chi connectivity index (χ2v) is 6.04. The Hall–Kier alpha value is -1.80. The number of halogens is 6. The summed E-state index contributed by atoms with van der Waals surface area (Å²) in [5, 5.41) is 2.28. The first-order valence-corrected chi connectivity index (χ1v) is 7.33. The van der Waals surface area contributed by atoms with Gasteiger partial charge in [-0.1, -0.05) is 0 Å². The van der Waals surface area contributed by atoms with Gasteiger partial charge in [0.15, 0.2) is 0 Å². The van der Waals surface area contributed by atoms with Crippen LogP contribution < -0.4 is 5.32 Å². The summed E-state index contributed by atoms with van der Waals surface area (Å²) in [7, 11) is 0. The van der Waals surface area contributed by atoms with Gasteiger partial charge in [-0.2, -0.15) is 26.3 Å². The molecule has 1 aliphatic carbocycles. The van der Waals surface area contributed by atoms with Gasteiger partial charge < -0.3 is 5.32 Å². The van der Waals surface area contributed by atoms with Gasteiger partial charge in [0.05, 0.1) is 17.4 Å². The molecule has 134 valence electrons. The molecule has 0 radical (unpaired) electrons. The van der Waals surface area contributed by atoms with Crippen LogP contribution in [0.25, 0.3) is 0 Å². The molecule has 1 unspecified atom stereocenters. The number of aromatic nitrogens is 1. The smallest absolute Gasteiger partial charge is 0.349 e. The molecule has 3 atom stereocenters. The third-order valence-electron chi connectivity index (χ3n) is 4.14. The van der Waals surface area contributed by atoms with Gasteiger partial charge in [0.2, 0.25) is 0 Å². The number of carbonyl (C=O) groups excluding carboxylic acids is 1. The molecule has 0 saturated heterocycles. The van der Waals surface area contributed by atoms with E-state index in [0.717, 1.165) is 0 Å². The van der Waals surface area contributed by atoms with Crippen LogP contribution in [0.1, 0.15) is 35.3 Å². The predicted octanol–water partition coefficient (Wildman–Crippen LogP) is 4.03. The minimum atomic E-state index is -4.72. The third kappa shape index (κ3) is 4.61. The van der Waals surface area contributed by atoms with Crippen LogP contribution >= 0.6 is 0 Å². The van der Waals surface area contributed by atoms with Crippen LogP contribution in [-0.2, 0) is 0 Å². The van der Waals surface area contributed by atoms with E-state index in [9.17, 15) is 31.1 Å². The summed E-state index contributed by atoms with van der Waals surface area (Å²) >= 11 is 0. The van der Waals surface area contributed by atoms with E-state index in [1.165, 1.54) is 18.3 Å². The molecule has 0 spiro atoms. The van der Waals surface area contributed by atoms with E-state index in [1.54, 1.807) is 6.92 Å². The Bertz CT molecular complexity index is 559. The van der Waals surface area contributed by atoms with Gasteiger partial charge in [-0.05, 0) is 38.3 Å². The minimum Gasteiger partial charge on any atom is -0.349 e. The second-order valence-electron chi connectivity index (χ2n) is 6.04. The Morgan fingerprint density at radius 2 is 1.58 bits per heavy atom. The van der Waals surface area contributed by atoms with Crippen LogP contribution in [0.2, 0.25) is 0 Å².